The van der Waals surface area contributed by atoms with E-state index in [-0.39, 0.29) is 12.4 Å². The Hall–Kier alpha value is -4.73. The number of aryl methyl sites for hydroxylation is 1. The highest BCUT2D eigenvalue weighted by atomic mass is 16.6. The Kier molecular flexibility index (Phi) is 8.41. The van der Waals surface area contributed by atoms with Gasteiger partial charge < -0.3 is 24.8 Å². The van der Waals surface area contributed by atoms with Gasteiger partial charge in [-0.2, -0.15) is 0 Å². The summed E-state index contributed by atoms with van der Waals surface area (Å²) in [5.41, 5.74) is 11.1. The van der Waals surface area contributed by atoms with Gasteiger partial charge in [-0.25, -0.2) is 14.6 Å². The molecule has 3 heterocycles. The van der Waals surface area contributed by atoms with Gasteiger partial charge in [-0.15, -0.1) is 0 Å². The van der Waals surface area contributed by atoms with Crippen LogP contribution in [0.1, 0.15) is 60.8 Å². The second-order valence-electron chi connectivity index (χ2n) is 10.8. The molecule has 2 N–H and O–H groups in total. The molecule has 0 saturated heterocycles. The third kappa shape index (κ3) is 6.71. The maximum Gasteiger partial charge on any atom is 0.410 e. The van der Waals surface area contributed by atoms with Crippen LogP contribution in [0.15, 0.2) is 55.0 Å². The molecule has 0 radical (unpaired) electrons. The minimum Gasteiger partial charge on any atom is -0.482 e. The predicted molar refractivity (Wildman–Crippen MR) is 156 cm³/mol. The van der Waals surface area contributed by atoms with Gasteiger partial charge >= 0.3 is 12.1 Å². The lowest BCUT2D eigenvalue weighted by molar-refractivity contribution is 0.0285. The number of benzene rings is 1. The van der Waals surface area contributed by atoms with Gasteiger partial charge in [0.25, 0.3) is 0 Å². The van der Waals surface area contributed by atoms with Crippen molar-refractivity contribution in [2.45, 2.75) is 52.9 Å². The second-order valence-corrected chi connectivity index (χ2v) is 10.8. The van der Waals surface area contributed by atoms with E-state index in [2.05, 4.69) is 15.0 Å². The molecule has 10 heteroatoms. The summed E-state index contributed by atoms with van der Waals surface area (Å²) in [7, 11) is 3.01. The van der Waals surface area contributed by atoms with E-state index in [1.807, 2.05) is 58.9 Å². The molecule has 0 bridgehead atoms. The zero-order valence-corrected chi connectivity index (χ0v) is 24.4. The van der Waals surface area contributed by atoms with E-state index in [9.17, 15) is 9.59 Å². The van der Waals surface area contributed by atoms with Crippen molar-refractivity contribution >= 4 is 28.9 Å². The first-order valence-corrected chi connectivity index (χ1v) is 13.2. The molecule has 4 rings (SSSR count). The Morgan fingerprint density at radius 1 is 1.07 bits per heavy atom. The number of fused-ring (bicyclic) bond motifs is 1. The van der Waals surface area contributed by atoms with Gasteiger partial charge in [-0.1, -0.05) is 17.7 Å². The first-order chi connectivity index (χ1) is 19.4. The van der Waals surface area contributed by atoms with Gasteiger partial charge in [0.1, 0.15) is 11.7 Å². The Bertz CT molecular complexity index is 1600. The van der Waals surface area contributed by atoms with Crippen LogP contribution in [-0.4, -0.2) is 51.7 Å². The second kappa shape index (κ2) is 11.8. The molecule has 10 nitrogen and oxygen atoms in total. The van der Waals surface area contributed by atoms with Crippen molar-refractivity contribution in [3.05, 3.63) is 77.2 Å². The van der Waals surface area contributed by atoms with Crippen molar-refractivity contribution in [3.63, 3.8) is 0 Å². The van der Waals surface area contributed by atoms with Crippen molar-refractivity contribution in [2.24, 2.45) is 0 Å². The molecule has 0 spiro atoms. The molecular formula is C31H35N5O5. The van der Waals surface area contributed by atoms with E-state index in [0.29, 0.717) is 33.5 Å². The minimum absolute atomic E-state index is 0.187. The number of hydrogen-bond acceptors (Lipinski definition) is 9. The third-order valence-electron chi connectivity index (χ3n) is 6.34. The first-order valence-electron chi connectivity index (χ1n) is 13.2. The molecule has 0 fully saturated rings. The van der Waals surface area contributed by atoms with Crippen LogP contribution in [0.3, 0.4) is 0 Å². The number of aromatic nitrogens is 3. The van der Waals surface area contributed by atoms with Crippen LogP contribution in [0.25, 0.3) is 22.2 Å². The third-order valence-corrected chi connectivity index (χ3v) is 6.34. The van der Waals surface area contributed by atoms with Gasteiger partial charge in [-0.3, -0.25) is 9.97 Å². The van der Waals surface area contributed by atoms with Crippen LogP contribution in [-0.2, 0) is 16.0 Å². The summed E-state index contributed by atoms with van der Waals surface area (Å²) in [6, 6.07) is 10.9. The van der Waals surface area contributed by atoms with Crippen molar-refractivity contribution in [1.82, 2.24) is 19.9 Å². The number of anilines is 1. The smallest absolute Gasteiger partial charge is 0.410 e. The molecule has 4 aromatic rings. The molecule has 0 saturated carbocycles. The largest absolute Gasteiger partial charge is 0.482 e. The number of esters is 1. The fraction of sp³-hybridized carbons (Fsp3) is 0.323. The van der Waals surface area contributed by atoms with Gasteiger partial charge in [0.2, 0.25) is 0 Å². The summed E-state index contributed by atoms with van der Waals surface area (Å²) in [6.07, 6.45) is 4.03. The molecule has 214 valence electrons. The van der Waals surface area contributed by atoms with Crippen LogP contribution < -0.4 is 10.5 Å². The number of rotatable bonds is 7. The number of pyridine rings is 3. The van der Waals surface area contributed by atoms with E-state index < -0.39 is 23.8 Å². The Labute approximate surface area is 239 Å². The highest BCUT2D eigenvalue weighted by Gasteiger charge is 2.23. The number of nitrogens with zero attached hydrogens (tertiary/aromatic N) is 4. The fourth-order valence-corrected chi connectivity index (χ4v) is 4.41. The Balaban J connectivity index is 1.75. The Morgan fingerprint density at radius 2 is 1.83 bits per heavy atom. The zero-order valence-electron chi connectivity index (χ0n) is 24.4. The number of carbonyl (C=O) groups excluding carboxylic acids is 2. The summed E-state index contributed by atoms with van der Waals surface area (Å²) >= 11 is 0. The molecular weight excluding hydrogens is 522 g/mol. The highest BCUT2D eigenvalue weighted by molar-refractivity contribution is 5.93. The maximum absolute atomic E-state index is 12.7. The number of hydrogen-bond donors (Lipinski definition) is 1. The zero-order chi connectivity index (χ0) is 29.9. The van der Waals surface area contributed by atoms with Crippen LogP contribution in [0.5, 0.6) is 5.75 Å². The van der Waals surface area contributed by atoms with E-state index in [0.717, 1.165) is 16.7 Å². The molecule has 0 aliphatic carbocycles. The van der Waals surface area contributed by atoms with E-state index >= 15 is 0 Å². The molecule has 1 aromatic carbocycles. The minimum atomic E-state index is -0.633. The summed E-state index contributed by atoms with van der Waals surface area (Å²) in [5, 5.41) is 0. The summed E-state index contributed by atoms with van der Waals surface area (Å²) in [6.45, 7) is 9.44. The summed E-state index contributed by atoms with van der Waals surface area (Å²) in [5.74, 6) is 0.0645. The summed E-state index contributed by atoms with van der Waals surface area (Å²) < 4.78 is 16.8. The molecule has 1 unspecified atom stereocenters. The van der Waals surface area contributed by atoms with Gasteiger partial charge in [-0.05, 0) is 58.9 Å². The number of carbonyl (C=O) groups is 2. The molecule has 0 aliphatic rings. The number of nitrogen functional groups attached to an aromatic ring is 1. The monoisotopic (exact) mass is 557 g/mol. The number of ether oxygens (including phenoxy) is 3. The van der Waals surface area contributed by atoms with Gasteiger partial charge in [0.05, 0.1) is 30.3 Å². The highest BCUT2D eigenvalue weighted by Crippen LogP contribution is 2.36. The van der Waals surface area contributed by atoms with Crippen molar-refractivity contribution in [3.8, 4) is 16.9 Å². The number of nitrogens with two attached hydrogens (primary N) is 1. The SMILES string of the molecule is COC(=O)c1ccc(C)cc1C(C)Oc1cc(-c2c(CN(C)C(=O)OC(C)(C)C)cnc3cccnc23)cnc1N. The van der Waals surface area contributed by atoms with Crippen molar-refractivity contribution in [1.29, 1.82) is 0 Å². The van der Waals surface area contributed by atoms with E-state index in [1.165, 1.54) is 12.0 Å². The van der Waals surface area contributed by atoms with Crippen LogP contribution in [0, 0.1) is 6.92 Å². The Morgan fingerprint density at radius 3 is 2.54 bits per heavy atom. The molecule has 3 aromatic heterocycles. The van der Waals surface area contributed by atoms with E-state index in [4.69, 9.17) is 19.9 Å². The standard InChI is InChI=1S/C31H35N5O5/c1-18-10-11-22(29(37)39-7)23(13-18)19(2)40-25-14-20(15-35-28(25)32)26-21(16-34-24-9-8-12-33-27(24)26)17-36(6)30(38)41-31(3,4)5/h8-16,19H,17H2,1-7H3,(H2,32,35). The number of amides is 1. The maximum atomic E-state index is 12.7. The number of methoxy groups -OCH3 is 1. The topological polar surface area (TPSA) is 130 Å². The molecule has 0 aliphatic heterocycles. The quantitative estimate of drug-likeness (QED) is 0.277. The lowest BCUT2D eigenvalue weighted by atomic mass is 9.99. The van der Waals surface area contributed by atoms with Gasteiger partial charge in [0, 0.05) is 47.9 Å². The molecule has 41 heavy (non-hydrogen) atoms. The van der Waals surface area contributed by atoms with Crippen LogP contribution in [0.4, 0.5) is 10.6 Å². The first kappa shape index (κ1) is 29.3. The predicted octanol–water partition coefficient (Wildman–Crippen LogP) is 5.88. The van der Waals surface area contributed by atoms with E-state index in [1.54, 1.807) is 37.8 Å². The normalized spacial score (nSPS) is 12.1. The summed E-state index contributed by atoms with van der Waals surface area (Å²) in [4.78, 5) is 40.2. The lowest BCUT2D eigenvalue weighted by Gasteiger charge is -2.25. The van der Waals surface area contributed by atoms with Crippen LogP contribution >= 0.6 is 0 Å². The van der Waals surface area contributed by atoms with Crippen LogP contribution in [0.2, 0.25) is 0 Å². The average Bonchev–Trinajstić information content (AvgIpc) is 2.92. The van der Waals surface area contributed by atoms with Crippen molar-refractivity contribution in [2.75, 3.05) is 19.9 Å². The average molecular weight is 558 g/mol. The molecule has 1 amide bonds. The lowest BCUT2D eigenvalue weighted by Crippen LogP contribution is -2.34. The van der Waals surface area contributed by atoms with Gasteiger partial charge in [0.15, 0.2) is 11.6 Å². The van der Waals surface area contributed by atoms with Crippen molar-refractivity contribution < 1.29 is 23.8 Å². The fourth-order valence-electron chi connectivity index (χ4n) is 4.41. The molecule has 1 atom stereocenters.